The lowest BCUT2D eigenvalue weighted by Crippen LogP contribution is -2.54. The minimum Gasteiger partial charge on any atom is -0.481 e. The molecule has 0 radical (unpaired) electrons. The molecule has 2 rings (SSSR count). The van der Waals surface area contributed by atoms with Gasteiger partial charge in [-0.15, -0.1) is 0 Å². The first-order valence-electron chi connectivity index (χ1n) is 7.60. The lowest BCUT2D eigenvalue weighted by Gasteiger charge is -2.47. The molecule has 0 amide bonds. The van der Waals surface area contributed by atoms with E-state index >= 15 is 0 Å². The normalized spacial score (nSPS) is 34.8. The van der Waals surface area contributed by atoms with Gasteiger partial charge in [0.1, 0.15) is 0 Å². The van der Waals surface area contributed by atoms with Gasteiger partial charge >= 0.3 is 5.97 Å². The minimum absolute atomic E-state index is 0.0792. The first kappa shape index (κ1) is 14.8. The van der Waals surface area contributed by atoms with Crippen molar-refractivity contribution in [2.75, 3.05) is 19.8 Å². The molecule has 1 N–H and O–H groups in total. The molecule has 1 heterocycles. The van der Waals surface area contributed by atoms with E-state index in [1.165, 1.54) is 12.8 Å². The van der Waals surface area contributed by atoms with Crippen LogP contribution in [0, 0.1) is 17.8 Å². The summed E-state index contributed by atoms with van der Waals surface area (Å²) in [6, 6.07) is 0.650. The van der Waals surface area contributed by atoms with E-state index in [0.29, 0.717) is 19.3 Å². The van der Waals surface area contributed by atoms with Crippen LogP contribution in [0.1, 0.15) is 40.0 Å². The van der Waals surface area contributed by atoms with Gasteiger partial charge in [-0.3, -0.25) is 9.69 Å². The van der Waals surface area contributed by atoms with E-state index in [0.717, 1.165) is 24.8 Å². The van der Waals surface area contributed by atoms with Crippen LogP contribution < -0.4 is 0 Å². The number of hydrogen-bond donors (Lipinski definition) is 1. The summed E-state index contributed by atoms with van der Waals surface area (Å²) in [4.78, 5) is 13.7. The highest BCUT2D eigenvalue weighted by Gasteiger charge is 2.44. The Morgan fingerprint density at radius 3 is 2.58 bits per heavy atom. The molecule has 0 aromatic carbocycles. The summed E-state index contributed by atoms with van der Waals surface area (Å²) in [6.07, 6.45) is 3.52. The third kappa shape index (κ3) is 3.11. The summed E-state index contributed by atoms with van der Waals surface area (Å²) < 4.78 is 5.43. The second kappa shape index (κ2) is 6.23. The van der Waals surface area contributed by atoms with Crippen LogP contribution in [-0.2, 0) is 9.53 Å². The van der Waals surface area contributed by atoms with Crippen LogP contribution in [0.3, 0.4) is 0 Å². The third-order valence-electron chi connectivity index (χ3n) is 4.84. The van der Waals surface area contributed by atoms with Crippen molar-refractivity contribution in [1.29, 1.82) is 0 Å². The molecule has 2 aliphatic rings. The van der Waals surface area contributed by atoms with Crippen LogP contribution in [0.15, 0.2) is 0 Å². The lowest BCUT2D eigenvalue weighted by atomic mass is 9.72. The molecular weight excluding hydrogens is 242 g/mol. The number of rotatable bonds is 6. The molecule has 1 saturated heterocycles. The van der Waals surface area contributed by atoms with Crippen LogP contribution in [0.25, 0.3) is 0 Å². The van der Waals surface area contributed by atoms with Crippen LogP contribution in [0.2, 0.25) is 0 Å². The molecule has 2 fully saturated rings. The van der Waals surface area contributed by atoms with Gasteiger partial charge in [0.25, 0.3) is 0 Å². The first-order chi connectivity index (χ1) is 9.04. The van der Waals surface area contributed by atoms with Gasteiger partial charge in [0.15, 0.2) is 0 Å². The Morgan fingerprint density at radius 1 is 1.37 bits per heavy atom. The number of hydrogen-bond acceptors (Lipinski definition) is 3. The van der Waals surface area contributed by atoms with Crippen molar-refractivity contribution in [3.05, 3.63) is 0 Å². The Labute approximate surface area is 116 Å². The molecule has 110 valence electrons. The van der Waals surface area contributed by atoms with Gasteiger partial charge in [0, 0.05) is 12.1 Å². The summed E-state index contributed by atoms with van der Waals surface area (Å²) in [5.41, 5.74) is 0. The Balaban J connectivity index is 1.98. The number of aliphatic carboxylic acids is 1. The van der Waals surface area contributed by atoms with Crippen molar-refractivity contribution in [3.63, 3.8) is 0 Å². The molecule has 1 aliphatic heterocycles. The Kier molecular flexibility index (Phi) is 4.85. The van der Waals surface area contributed by atoms with Gasteiger partial charge in [0.2, 0.25) is 0 Å². The SMILES string of the molecule is CCCN(C1CC(C(C)C)C1)C1COCC1C(=O)O. The Hall–Kier alpha value is -0.610. The Bertz CT molecular complexity index is 313. The van der Waals surface area contributed by atoms with Crippen molar-refractivity contribution in [2.24, 2.45) is 17.8 Å². The predicted octanol–water partition coefficient (Wildman–Crippen LogP) is 2.23. The van der Waals surface area contributed by atoms with E-state index < -0.39 is 5.97 Å². The number of ether oxygens (including phenoxy) is 1. The number of carboxylic acid groups (broad SMARTS) is 1. The maximum atomic E-state index is 11.3. The van der Waals surface area contributed by atoms with E-state index in [1.807, 2.05) is 0 Å². The van der Waals surface area contributed by atoms with Crippen molar-refractivity contribution >= 4 is 5.97 Å². The zero-order valence-electron chi connectivity index (χ0n) is 12.3. The molecule has 1 aliphatic carbocycles. The van der Waals surface area contributed by atoms with Gasteiger partial charge in [-0.05, 0) is 37.6 Å². The number of nitrogens with zero attached hydrogens (tertiary/aromatic N) is 1. The zero-order chi connectivity index (χ0) is 14.0. The van der Waals surface area contributed by atoms with Crippen molar-refractivity contribution in [3.8, 4) is 0 Å². The minimum atomic E-state index is -0.705. The van der Waals surface area contributed by atoms with Crippen molar-refractivity contribution in [1.82, 2.24) is 4.90 Å². The van der Waals surface area contributed by atoms with E-state index in [9.17, 15) is 9.90 Å². The van der Waals surface area contributed by atoms with Crippen LogP contribution in [0.5, 0.6) is 0 Å². The quantitative estimate of drug-likeness (QED) is 0.803. The van der Waals surface area contributed by atoms with Crippen LogP contribution in [0.4, 0.5) is 0 Å². The standard InChI is InChI=1S/C15H27NO3/c1-4-5-16(12-6-11(7-12)10(2)3)14-9-19-8-13(14)15(17)18/h10-14H,4-9H2,1-3H3,(H,17,18). The molecule has 4 nitrogen and oxygen atoms in total. The molecule has 0 aromatic heterocycles. The topological polar surface area (TPSA) is 49.8 Å². The first-order valence-corrected chi connectivity index (χ1v) is 7.60. The fraction of sp³-hybridized carbons (Fsp3) is 0.933. The highest BCUT2D eigenvalue weighted by atomic mass is 16.5. The fourth-order valence-corrected chi connectivity index (χ4v) is 3.43. The fourth-order valence-electron chi connectivity index (χ4n) is 3.43. The monoisotopic (exact) mass is 269 g/mol. The predicted molar refractivity (Wildman–Crippen MR) is 74.1 cm³/mol. The molecule has 19 heavy (non-hydrogen) atoms. The lowest BCUT2D eigenvalue weighted by molar-refractivity contribution is -0.144. The average molecular weight is 269 g/mol. The molecule has 2 atom stereocenters. The smallest absolute Gasteiger partial charge is 0.310 e. The van der Waals surface area contributed by atoms with E-state index in [-0.39, 0.29) is 12.0 Å². The summed E-state index contributed by atoms with van der Waals surface area (Å²) in [5, 5.41) is 9.31. The average Bonchev–Trinajstić information content (AvgIpc) is 2.73. The van der Waals surface area contributed by atoms with Crippen molar-refractivity contribution in [2.45, 2.75) is 52.1 Å². The second-order valence-corrected chi connectivity index (χ2v) is 6.42. The van der Waals surface area contributed by atoms with Gasteiger partial charge in [-0.2, -0.15) is 0 Å². The molecule has 4 heteroatoms. The third-order valence-corrected chi connectivity index (χ3v) is 4.84. The van der Waals surface area contributed by atoms with Crippen LogP contribution in [-0.4, -0.2) is 47.8 Å². The maximum absolute atomic E-state index is 11.3. The van der Waals surface area contributed by atoms with Crippen LogP contribution >= 0.6 is 0 Å². The van der Waals surface area contributed by atoms with Gasteiger partial charge in [0.05, 0.1) is 19.1 Å². The summed E-state index contributed by atoms with van der Waals surface area (Å²) in [5.74, 6) is 0.512. The van der Waals surface area contributed by atoms with Gasteiger partial charge in [-0.1, -0.05) is 20.8 Å². The Morgan fingerprint density at radius 2 is 2.05 bits per heavy atom. The molecule has 1 saturated carbocycles. The highest BCUT2D eigenvalue weighted by Crippen LogP contribution is 2.39. The largest absolute Gasteiger partial charge is 0.481 e. The molecule has 0 aromatic rings. The summed E-state index contributed by atoms with van der Waals surface area (Å²) in [6.45, 7) is 8.68. The molecule has 2 unspecified atom stereocenters. The molecule has 0 spiro atoms. The van der Waals surface area contributed by atoms with E-state index in [2.05, 4.69) is 25.7 Å². The van der Waals surface area contributed by atoms with Gasteiger partial charge < -0.3 is 9.84 Å². The van der Waals surface area contributed by atoms with E-state index in [4.69, 9.17) is 4.74 Å². The summed E-state index contributed by atoms with van der Waals surface area (Å²) >= 11 is 0. The molecular formula is C15H27NO3. The summed E-state index contributed by atoms with van der Waals surface area (Å²) in [7, 11) is 0. The van der Waals surface area contributed by atoms with E-state index in [1.54, 1.807) is 0 Å². The second-order valence-electron chi connectivity index (χ2n) is 6.42. The van der Waals surface area contributed by atoms with Crippen molar-refractivity contribution < 1.29 is 14.6 Å². The molecule has 0 bridgehead atoms. The van der Waals surface area contributed by atoms with Gasteiger partial charge in [-0.25, -0.2) is 0 Å². The highest BCUT2D eigenvalue weighted by molar-refractivity contribution is 5.71. The number of carboxylic acids is 1. The number of carbonyl (C=O) groups is 1. The zero-order valence-corrected chi connectivity index (χ0v) is 12.3. The maximum Gasteiger partial charge on any atom is 0.310 e.